The van der Waals surface area contributed by atoms with E-state index in [9.17, 15) is 4.79 Å². The van der Waals surface area contributed by atoms with Crippen molar-refractivity contribution in [3.05, 3.63) is 71.5 Å². The standard InChI is InChI=1S/C21H22N6O/c28-21(17-6-3-7-19(12-17)27-15-22-23-24-27)26-11-9-20(14-26)25-10-8-16-4-1-2-5-18(16)13-25/h1-7,12,15,20H,8-11,13-14H2. The normalized spacial score (nSPS) is 19.6. The van der Waals surface area contributed by atoms with Crippen molar-refractivity contribution in [3.8, 4) is 5.69 Å². The molecule has 0 spiro atoms. The molecular formula is C21H22N6O. The fourth-order valence-corrected chi connectivity index (χ4v) is 4.30. The van der Waals surface area contributed by atoms with Gasteiger partial charge in [-0.25, -0.2) is 4.68 Å². The Morgan fingerprint density at radius 2 is 1.93 bits per heavy atom. The largest absolute Gasteiger partial charge is 0.337 e. The van der Waals surface area contributed by atoms with Gasteiger partial charge in [0.15, 0.2) is 0 Å². The highest BCUT2D eigenvalue weighted by molar-refractivity contribution is 5.95. The number of fused-ring (bicyclic) bond motifs is 1. The fourth-order valence-electron chi connectivity index (χ4n) is 4.30. The zero-order valence-corrected chi connectivity index (χ0v) is 15.6. The van der Waals surface area contributed by atoms with Crippen LogP contribution in [0.5, 0.6) is 0 Å². The van der Waals surface area contributed by atoms with Gasteiger partial charge in [-0.1, -0.05) is 30.3 Å². The first-order valence-electron chi connectivity index (χ1n) is 9.71. The summed E-state index contributed by atoms with van der Waals surface area (Å²) in [6.07, 6.45) is 3.65. The summed E-state index contributed by atoms with van der Waals surface area (Å²) in [5.41, 5.74) is 4.36. The monoisotopic (exact) mass is 374 g/mol. The van der Waals surface area contributed by atoms with Crippen molar-refractivity contribution in [1.29, 1.82) is 0 Å². The van der Waals surface area contributed by atoms with Crippen LogP contribution in [-0.2, 0) is 13.0 Å². The minimum atomic E-state index is 0.0786. The van der Waals surface area contributed by atoms with Crippen molar-refractivity contribution < 1.29 is 4.79 Å². The zero-order chi connectivity index (χ0) is 18.9. The third-order valence-electron chi connectivity index (χ3n) is 5.83. The molecule has 3 heterocycles. The number of amides is 1. The van der Waals surface area contributed by atoms with Crippen LogP contribution in [0.25, 0.3) is 5.69 Å². The van der Waals surface area contributed by atoms with Crippen molar-refractivity contribution in [1.82, 2.24) is 30.0 Å². The van der Waals surface area contributed by atoms with Gasteiger partial charge in [-0.05, 0) is 52.6 Å². The molecule has 1 aromatic heterocycles. The molecule has 1 amide bonds. The lowest BCUT2D eigenvalue weighted by Gasteiger charge is -2.33. The number of hydrogen-bond acceptors (Lipinski definition) is 5. The predicted molar refractivity (Wildman–Crippen MR) is 104 cm³/mol. The van der Waals surface area contributed by atoms with E-state index < -0.39 is 0 Å². The Hall–Kier alpha value is -3.06. The van der Waals surface area contributed by atoms with Crippen molar-refractivity contribution in [3.63, 3.8) is 0 Å². The number of nitrogens with zero attached hydrogens (tertiary/aromatic N) is 6. The molecule has 0 N–H and O–H groups in total. The van der Waals surface area contributed by atoms with Crippen LogP contribution in [0.3, 0.4) is 0 Å². The number of carbonyl (C=O) groups excluding carboxylic acids is 1. The molecule has 142 valence electrons. The molecule has 0 saturated carbocycles. The lowest BCUT2D eigenvalue weighted by Crippen LogP contribution is -2.41. The molecule has 0 bridgehead atoms. The Morgan fingerprint density at radius 1 is 1.04 bits per heavy atom. The highest BCUT2D eigenvalue weighted by Gasteiger charge is 2.32. The second-order valence-electron chi connectivity index (χ2n) is 7.49. The SMILES string of the molecule is O=C(c1cccc(-n2cnnn2)c1)N1CCC(N2CCc3ccccc3C2)C1. The summed E-state index contributed by atoms with van der Waals surface area (Å²) < 4.78 is 1.56. The molecule has 7 nitrogen and oxygen atoms in total. The minimum absolute atomic E-state index is 0.0786. The maximum atomic E-state index is 13.0. The number of rotatable bonds is 3. The second kappa shape index (κ2) is 7.16. The van der Waals surface area contributed by atoms with E-state index in [1.807, 2.05) is 29.2 Å². The van der Waals surface area contributed by atoms with E-state index >= 15 is 0 Å². The van der Waals surface area contributed by atoms with Crippen LogP contribution in [0, 0.1) is 0 Å². The molecule has 2 aliphatic rings. The summed E-state index contributed by atoms with van der Waals surface area (Å²) in [6.45, 7) is 3.64. The maximum absolute atomic E-state index is 13.0. The molecule has 1 saturated heterocycles. The van der Waals surface area contributed by atoms with E-state index in [0.717, 1.165) is 44.7 Å². The lowest BCUT2D eigenvalue weighted by molar-refractivity contribution is 0.0773. The molecule has 2 aliphatic heterocycles. The number of tetrazole rings is 1. The molecule has 0 aliphatic carbocycles. The Balaban J connectivity index is 1.28. The van der Waals surface area contributed by atoms with E-state index in [2.05, 4.69) is 44.7 Å². The second-order valence-corrected chi connectivity index (χ2v) is 7.49. The van der Waals surface area contributed by atoms with Crippen LogP contribution < -0.4 is 0 Å². The quantitative estimate of drug-likeness (QED) is 0.701. The molecule has 3 aromatic rings. The van der Waals surface area contributed by atoms with E-state index in [-0.39, 0.29) is 5.91 Å². The van der Waals surface area contributed by atoms with E-state index in [1.54, 1.807) is 4.68 Å². The smallest absolute Gasteiger partial charge is 0.253 e. The van der Waals surface area contributed by atoms with Crippen LogP contribution in [0.15, 0.2) is 54.9 Å². The van der Waals surface area contributed by atoms with Gasteiger partial charge in [0.25, 0.3) is 5.91 Å². The molecule has 1 atom stereocenters. The van der Waals surface area contributed by atoms with Gasteiger partial charge in [0.05, 0.1) is 5.69 Å². The average Bonchev–Trinajstić information content (AvgIpc) is 3.45. The first-order chi connectivity index (χ1) is 13.8. The summed E-state index contributed by atoms with van der Waals surface area (Å²) >= 11 is 0. The highest BCUT2D eigenvalue weighted by atomic mass is 16.2. The van der Waals surface area contributed by atoms with Gasteiger partial charge in [0.1, 0.15) is 6.33 Å². The van der Waals surface area contributed by atoms with Gasteiger partial charge in [-0.15, -0.1) is 5.10 Å². The molecule has 28 heavy (non-hydrogen) atoms. The fraction of sp³-hybridized carbons (Fsp3) is 0.333. The number of carbonyl (C=O) groups is 1. The molecule has 1 fully saturated rings. The van der Waals surface area contributed by atoms with Crippen LogP contribution in [-0.4, -0.2) is 61.6 Å². The van der Waals surface area contributed by atoms with Gasteiger partial charge < -0.3 is 4.90 Å². The molecule has 0 radical (unpaired) electrons. The van der Waals surface area contributed by atoms with Gasteiger partial charge in [-0.2, -0.15) is 0 Å². The van der Waals surface area contributed by atoms with Crippen LogP contribution in [0.2, 0.25) is 0 Å². The molecule has 1 unspecified atom stereocenters. The van der Waals surface area contributed by atoms with Gasteiger partial charge in [0.2, 0.25) is 0 Å². The van der Waals surface area contributed by atoms with E-state index in [4.69, 9.17) is 0 Å². The summed E-state index contributed by atoms with van der Waals surface area (Å²) in [7, 11) is 0. The third kappa shape index (κ3) is 3.18. The van der Waals surface area contributed by atoms with Crippen LogP contribution >= 0.6 is 0 Å². The van der Waals surface area contributed by atoms with Crippen molar-refractivity contribution in [2.45, 2.75) is 25.4 Å². The summed E-state index contributed by atoms with van der Waals surface area (Å²) in [5, 5.41) is 11.2. The highest BCUT2D eigenvalue weighted by Crippen LogP contribution is 2.25. The molecule has 5 rings (SSSR count). The van der Waals surface area contributed by atoms with Crippen molar-refractivity contribution >= 4 is 5.91 Å². The molecule has 2 aromatic carbocycles. The zero-order valence-electron chi connectivity index (χ0n) is 15.6. The topological polar surface area (TPSA) is 67.2 Å². The van der Waals surface area contributed by atoms with Crippen LogP contribution in [0.4, 0.5) is 0 Å². The van der Waals surface area contributed by atoms with Crippen molar-refractivity contribution in [2.24, 2.45) is 0 Å². The predicted octanol–water partition coefficient (Wildman–Crippen LogP) is 1.94. The molecule has 7 heteroatoms. The Kier molecular flexibility index (Phi) is 4.37. The number of likely N-dealkylation sites (tertiary alicyclic amines) is 1. The van der Waals surface area contributed by atoms with Gasteiger partial charge >= 0.3 is 0 Å². The number of hydrogen-bond donors (Lipinski definition) is 0. The molecular weight excluding hydrogens is 352 g/mol. The number of aromatic nitrogens is 4. The third-order valence-corrected chi connectivity index (χ3v) is 5.83. The minimum Gasteiger partial charge on any atom is -0.337 e. The lowest BCUT2D eigenvalue weighted by atomic mass is 9.98. The maximum Gasteiger partial charge on any atom is 0.253 e. The van der Waals surface area contributed by atoms with Crippen LogP contribution in [0.1, 0.15) is 27.9 Å². The van der Waals surface area contributed by atoms with Crippen molar-refractivity contribution in [2.75, 3.05) is 19.6 Å². The summed E-state index contributed by atoms with van der Waals surface area (Å²) in [6, 6.07) is 16.6. The Bertz CT molecular complexity index is 986. The summed E-state index contributed by atoms with van der Waals surface area (Å²) in [4.78, 5) is 17.6. The first-order valence-corrected chi connectivity index (χ1v) is 9.71. The average molecular weight is 374 g/mol. The van der Waals surface area contributed by atoms with E-state index in [1.165, 1.54) is 17.5 Å². The Morgan fingerprint density at radius 3 is 2.79 bits per heavy atom. The van der Waals surface area contributed by atoms with E-state index in [0.29, 0.717) is 11.6 Å². The summed E-state index contributed by atoms with van der Waals surface area (Å²) in [5.74, 6) is 0.0786. The van der Waals surface area contributed by atoms with Gasteiger partial charge in [-0.3, -0.25) is 9.69 Å². The first kappa shape index (κ1) is 17.1. The number of benzene rings is 2. The Labute approximate surface area is 163 Å². The van der Waals surface area contributed by atoms with Gasteiger partial charge in [0, 0.05) is 37.8 Å².